The van der Waals surface area contributed by atoms with E-state index in [2.05, 4.69) is 9.72 Å². The average Bonchev–Trinajstić information content (AvgIpc) is 3.01. The molecule has 2 rings (SSSR count). The van der Waals surface area contributed by atoms with Gasteiger partial charge in [-0.25, -0.2) is 4.79 Å². The molecule has 0 saturated carbocycles. The van der Waals surface area contributed by atoms with E-state index in [-0.39, 0.29) is 6.42 Å². The molecule has 0 aliphatic rings. The molecule has 0 aliphatic carbocycles. The van der Waals surface area contributed by atoms with E-state index >= 15 is 0 Å². The van der Waals surface area contributed by atoms with Gasteiger partial charge in [0.1, 0.15) is 17.8 Å². The number of H-pyrrole nitrogens is 1. The Labute approximate surface area is 137 Å². The molecule has 0 aliphatic heterocycles. The monoisotopic (exact) mass is 339 g/mol. The van der Waals surface area contributed by atoms with Gasteiger partial charge >= 0.3 is 5.97 Å². The first-order valence-electron chi connectivity index (χ1n) is 7.35. The number of aromatic nitrogens is 1. The maximum Gasteiger partial charge on any atom is 0.337 e. The number of aliphatic hydroxyl groups excluding tert-OH is 4. The smallest absolute Gasteiger partial charge is 0.337 e. The second-order valence-corrected chi connectivity index (χ2v) is 5.65. The minimum atomic E-state index is -2.46. The minimum absolute atomic E-state index is 0.356. The standard InChI is InChI=1S/C16H21NO7/c1-24-15(22)14(21)16(23,13(20)12(19)8-18)6-9-7-17-11-5-3-2-4-10(9)11/h2-5,7,12-14,17-21,23H,6,8H2,1H3/t12-,13-,14+,16+/m1/s1. The van der Waals surface area contributed by atoms with Crippen LogP contribution in [0.2, 0.25) is 0 Å². The topological polar surface area (TPSA) is 143 Å². The van der Waals surface area contributed by atoms with Crippen molar-refractivity contribution in [1.29, 1.82) is 0 Å². The number of aliphatic hydroxyl groups is 5. The molecule has 1 aromatic heterocycles. The number of hydrogen-bond donors (Lipinski definition) is 6. The Morgan fingerprint density at radius 3 is 2.58 bits per heavy atom. The Morgan fingerprint density at radius 2 is 1.96 bits per heavy atom. The number of esters is 1. The van der Waals surface area contributed by atoms with Crippen molar-refractivity contribution in [3.8, 4) is 0 Å². The Hall–Kier alpha value is -1.97. The molecule has 1 heterocycles. The molecule has 8 heteroatoms. The molecule has 0 amide bonds. The van der Waals surface area contributed by atoms with Crippen molar-refractivity contribution in [2.45, 2.75) is 30.3 Å². The van der Waals surface area contributed by atoms with Crippen LogP contribution in [0.5, 0.6) is 0 Å². The molecule has 1 aromatic carbocycles. The largest absolute Gasteiger partial charge is 0.467 e. The zero-order valence-electron chi connectivity index (χ0n) is 13.1. The molecular formula is C16H21NO7. The molecule has 0 fully saturated rings. The van der Waals surface area contributed by atoms with E-state index in [1.807, 2.05) is 6.07 Å². The zero-order valence-corrected chi connectivity index (χ0v) is 13.1. The normalized spacial score (nSPS) is 17.9. The van der Waals surface area contributed by atoms with Crippen molar-refractivity contribution in [1.82, 2.24) is 4.98 Å². The van der Waals surface area contributed by atoms with E-state index in [4.69, 9.17) is 5.11 Å². The number of ether oxygens (including phenoxy) is 1. The Balaban J connectivity index is 2.44. The van der Waals surface area contributed by atoms with Crippen LogP contribution in [-0.4, -0.2) is 74.1 Å². The lowest BCUT2D eigenvalue weighted by Crippen LogP contribution is -2.61. The van der Waals surface area contributed by atoms with Crippen LogP contribution >= 0.6 is 0 Å². The summed E-state index contributed by atoms with van der Waals surface area (Å²) in [7, 11) is 1.02. The molecule has 0 spiro atoms. The molecule has 4 atom stereocenters. The molecule has 132 valence electrons. The first-order chi connectivity index (χ1) is 11.3. The maximum absolute atomic E-state index is 11.7. The van der Waals surface area contributed by atoms with Crippen LogP contribution in [0.25, 0.3) is 10.9 Å². The van der Waals surface area contributed by atoms with E-state index in [1.165, 1.54) is 0 Å². The number of rotatable bonds is 7. The lowest BCUT2D eigenvalue weighted by Gasteiger charge is -2.37. The number of fused-ring (bicyclic) bond motifs is 1. The average molecular weight is 339 g/mol. The molecule has 8 nitrogen and oxygen atoms in total. The fourth-order valence-electron chi connectivity index (χ4n) is 2.69. The van der Waals surface area contributed by atoms with Crippen LogP contribution in [0, 0.1) is 0 Å². The summed E-state index contributed by atoms with van der Waals surface area (Å²) in [6.07, 6.45) is -4.64. The van der Waals surface area contributed by atoms with Gasteiger partial charge in [0, 0.05) is 23.5 Å². The molecular weight excluding hydrogens is 318 g/mol. The molecule has 24 heavy (non-hydrogen) atoms. The highest BCUT2D eigenvalue weighted by molar-refractivity contribution is 5.83. The Bertz CT molecular complexity index is 701. The van der Waals surface area contributed by atoms with Crippen LogP contribution in [-0.2, 0) is 16.0 Å². The number of methoxy groups -OCH3 is 1. The zero-order chi connectivity index (χ0) is 17.9. The van der Waals surface area contributed by atoms with Crippen LogP contribution in [0.4, 0.5) is 0 Å². The minimum Gasteiger partial charge on any atom is -0.467 e. The van der Waals surface area contributed by atoms with Gasteiger partial charge in [-0.3, -0.25) is 0 Å². The second-order valence-electron chi connectivity index (χ2n) is 5.65. The summed E-state index contributed by atoms with van der Waals surface area (Å²) in [5, 5.41) is 50.5. The number of aromatic amines is 1. The van der Waals surface area contributed by atoms with Crippen molar-refractivity contribution in [2.75, 3.05) is 13.7 Å². The van der Waals surface area contributed by atoms with Gasteiger partial charge in [-0.2, -0.15) is 0 Å². The first-order valence-corrected chi connectivity index (χ1v) is 7.35. The van der Waals surface area contributed by atoms with E-state index in [1.54, 1.807) is 24.4 Å². The van der Waals surface area contributed by atoms with Crippen molar-refractivity contribution in [3.63, 3.8) is 0 Å². The summed E-state index contributed by atoms with van der Waals surface area (Å²) >= 11 is 0. The van der Waals surface area contributed by atoms with Gasteiger partial charge in [0.2, 0.25) is 0 Å². The molecule has 0 saturated heterocycles. The summed E-state index contributed by atoms with van der Waals surface area (Å²) in [5.41, 5.74) is -1.18. The maximum atomic E-state index is 11.7. The fraction of sp³-hybridized carbons (Fsp3) is 0.438. The van der Waals surface area contributed by atoms with E-state index in [0.717, 1.165) is 18.0 Å². The van der Waals surface area contributed by atoms with Crippen molar-refractivity contribution >= 4 is 16.9 Å². The molecule has 2 aromatic rings. The number of nitrogens with one attached hydrogen (secondary N) is 1. The quantitative estimate of drug-likeness (QED) is 0.344. The predicted molar refractivity (Wildman–Crippen MR) is 84.1 cm³/mol. The van der Waals surface area contributed by atoms with Gasteiger partial charge in [-0.05, 0) is 11.6 Å². The first kappa shape index (κ1) is 18.4. The van der Waals surface area contributed by atoms with Crippen LogP contribution in [0.1, 0.15) is 5.56 Å². The van der Waals surface area contributed by atoms with Crippen LogP contribution in [0.3, 0.4) is 0 Å². The Kier molecular flexibility index (Phi) is 5.58. The third kappa shape index (κ3) is 3.28. The van der Waals surface area contributed by atoms with Crippen LogP contribution in [0.15, 0.2) is 30.5 Å². The molecule has 6 N–H and O–H groups in total. The van der Waals surface area contributed by atoms with Gasteiger partial charge in [0.15, 0.2) is 6.10 Å². The summed E-state index contributed by atoms with van der Waals surface area (Å²) in [5.74, 6) is -1.17. The molecule has 0 unspecified atom stereocenters. The Morgan fingerprint density at radius 1 is 1.29 bits per heavy atom. The number of hydrogen-bond acceptors (Lipinski definition) is 7. The number of benzene rings is 1. The van der Waals surface area contributed by atoms with Crippen molar-refractivity contribution < 1.29 is 35.1 Å². The fourth-order valence-corrected chi connectivity index (χ4v) is 2.69. The summed E-state index contributed by atoms with van der Waals surface area (Å²) < 4.78 is 4.42. The van der Waals surface area contributed by atoms with E-state index in [9.17, 15) is 25.2 Å². The molecule has 0 bridgehead atoms. The highest BCUT2D eigenvalue weighted by Crippen LogP contribution is 2.29. The third-order valence-corrected chi connectivity index (χ3v) is 4.11. The van der Waals surface area contributed by atoms with Gasteiger partial charge in [-0.1, -0.05) is 18.2 Å². The van der Waals surface area contributed by atoms with Crippen LogP contribution < -0.4 is 0 Å². The van der Waals surface area contributed by atoms with Gasteiger partial charge < -0.3 is 35.3 Å². The second kappa shape index (κ2) is 7.29. The number of carbonyl (C=O) groups is 1. The van der Waals surface area contributed by atoms with E-state index in [0.29, 0.717) is 5.56 Å². The van der Waals surface area contributed by atoms with Crippen molar-refractivity contribution in [3.05, 3.63) is 36.0 Å². The lowest BCUT2D eigenvalue weighted by atomic mass is 9.81. The van der Waals surface area contributed by atoms with Gasteiger partial charge in [-0.15, -0.1) is 0 Å². The van der Waals surface area contributed by atoms with E-state index < -0.39 is 36.5 Å². The highest BCUT2D eigenvalue weighted by Gasteiger charge is 2.50. The highest BCUT2D eigenvalue weighted by atomic mass is 16.5. The lowest BCUT2D eigenvalue weighted by molar-refractivity contribution is -0.199. The summed E-state index contributed by atoms with van der Waals surface area (Å²) in [6, 6.07) is 7.14. The third-order valence-electron chi connectivity index (χ3n) is 4.11. The summed E-state index contributed by atoms with van der Waals surface area (Å²) in [6.45, 7) is -0.856. The predicted octanol–water partition coefficient (Wildman–Crippen LogP) is -1.31. The number of carbonyl (C=O) groups excluding carboxylic acids is 1. The number of para-hydroxylation sites is 1. The van der Waals surface area contributed by atoms with Gasteiger partial charge in [0.05, 0.1) is 13.7 Å². The summed E-state index contributed by atoms with van der Waals surface area (Å²) in [4.78, 5) is 14.6. The molecule has 0 radical (unpaired) electrons. The van der Waals surface area contributed by atoms with Gasteiger partial charge in [0.25, 0.3) is 0 Å². The SMILES string of the molecule is COC(=O)[C@H](O)[C@](O)(Cc1c[nH]c2ccccc12)[C@H](O)[C@H](O)CO. The van der Waals surface area contributed by atoms with Crippen molar-refractivity contribution in [2.24, 2.45) is 0 Å².